The zero-order valence-electron chi connectivity index (χ0n) is 9.84. The minimum atomic E-state index is -0.650. The number of carbonyl (C=O) groups excluding carboxylic acids is 1. The van der Waals surface area contributed by atoms with Gasteiger partial charge in [-0.05, 0) is 45.4 Å². The minimum absolute atomic E-state index is 0.181. The van der Waals surface area contributed by atoms with E-state index in [0.717, 1.165) is 31.6 Å². The fourth-order valence-electron chi connectivity index (χ4n) is 2.67. The zero-order chi connectivity index (χ0) is 11.1. The lowest BCUT2D eigenvalue weighted by atomic mass is 9.77. The Kier molecular flexibility index (Phi) is 2.53. The summed E-state index contributed by atoms with van der Waals surface area (Å²) in [5.74, 6) is 0.589. The molecular formula is C12H20O3. The Bertz CT molecular complexity index is 266. The molecule has 0 radical (unpaired) electrons. The molecular weight excluding hydrogens is 192 g/mol. The lowest BCUT2D eigenvalue weighted by Gasteiger charge is -2.25. The highest BCUT2D eigenvalue weighted by atomic mass is 16.7. The fourth-order valence-corrected chi connectivity index (χ4v) is 2.67. The van der Waals surface area contributed by atoms with E-state index in [1.165, 1.54) is 0 Å². The molecule has 0 aromatic heterocycles. The molecule has 1 atom stereocenters. The van der Waals surface area contributed by atoms with Gasteiger partial charge in [0.25, 0.3) is 0 Å². The standard InChI is InChI=1S/C12H20O3/c1-4-14-10(13)11(3)12(15-11)7-5-9(2)6-8-12/h9H,4-8H2,1-3H3. The van der Waals surface area contributed by atoms with E-state index in [0.29, 0.717) is 6.61 Å². The van der Waals surface area contributed by atoms with Crippen LogP contribution < -0.4 is 0 Å². The van der Waals surface area contributed by atoms with E-state index in [2.05, 4.69) is 6.92 Å². The highest BCUT2D eigenvalue weighted by Crippen LogP contribution is 2.57. The first kappa shape index (κ1) is 10.9. The topological polar surface area (TPSA) is 38.8 Å². The molecule has 1 unspecified atom stereocenters. The lowest BCUT2D eigenvalue weighted by Crippen LogP contribution is -2.35. The number of esters is 1. The Balaban J connectivity index is 2.00. The smallest absolute Gasteiger partial charge is 0.341 e. The SMILES string of the molecule is CCOC(=O)C1(C)OC12CCC(C)CC2. The van der Waals surface area contributed by atoms with Gasteiger partial charge in [-0.15, -0.1) is 0 Å². The third-order valence-electron chi connectivity index (χ3n) is 3.97. The van der Waals surface area contributed by atoms with E-state index in [1.807, 2.05) is 13.8 Å². The van der Waals surface area contributed by atoms with Crippen molar-refractivity contribution in [3.05, 3.63) is 0 Å². The van der Waals surface area contributed by atoms with Gasteiger partial charge in [0, 0.05) is 0 Å². The summed E-state index contributed by atoms with van der Waals surface area (Å²) < 4.78 is 10.8. The average molecular weight is 212 g/mol. The van der Waals surface area contributed by atoms with Crippen molar-refractivity contribution in [3.8, 4) is 0 Å². The molecule has 1 heterocycles. The van der Waals surface area contributed by atoms with Gasteiger partial charge >= 0.3 is 5.97 Å². The second-order valence-corrected chi connectivity index (χ2v) is 5.03. The molecule has 1 aliphatic carbocycles. The van der Waals surface area contributed by atoms with Crippen molar-refractivity contribution < 1.29 is 14.3 Å². The van der Waals surface area contributed by atoms with Crippen LogP contribution in [-0.4, -0.2) is 23.8 Å². The van der Waals surface area contributed by atoms with Gasteiger partial charge in [-0.25, -0.2) is 4.79 Å². The van der Waals surface area contributed by atoms with E-state index >= 15 is 0 Å². The molecule has 1 spiro atoms. The Hall–Kier alpha value is -0.570. The molecule has 86 valence electrons. The summed E-state index contributed by atoms with van der Waals surface area (Å²) >= 11 is 0. The van der Waals surface area contributed by atoms with Crippen molar-refractivity contribution in [2.75, 3.05) is 6.61 Å². The molecule has 1 saturated carbocycles. The molecule has 1 saturated heterocycles. The van der Waals surface area contributed by atoms with E-state index in [9.17, 15) is 4.79 Å². The van der Waals surface area contributed by atoms with Crippen LogP contribution in [0.25, 0.3) is 0 Å². The van der Waals surface area contributed by atoms with Gasteiger partial charge in [0.05, 0.1) is 6.61 Å². The molecule has 2 aliphatic rings. The van der Waals surface area contributed by atoms with Crippen LogP contribution in [0.4, 0.5) is 0 Å². The molecule has 2 rings (SSSR count). The summed E-state index contributed by atoms with van der Waals surface area (Å²) in [4.78, 5) is 11.7. The highest BCUT2D eigenvalue weighted by Gasteiger charge is 2.72. The summed E-state index contributed by atoms with van der Waals surface area (Å²) in [6.07, 6.45) is 4.33. The van der Waals surface area contributed by atoms with Crippen LogP contribution in [0.15, 0.2) is 0 Å². The third-order valence-corrected chi connectivity index (χ3v) is 3.97. The van der Waals surface area contributed by atoms with Gasteiger partial charge in [0.15, 0.2) is 5.60 Å². The molecule has 0 aromatic rings. The molecule has 3 heteroatoms. The van der Waals surface area contributed by atoms with Crippen molar-refractivity contribution in [2.24, 2.45) is 5.92 Å². The first-order chi connectivity index (χ1) is 7.04. The molecule has 15 heavy (non-hydrogen) atoms. The predicted molar refractivity (Wildman–Crippen MR) is 56.5 cm³/mol. The summed E-state index contributed by atoms with van der Waals surface area (Å²) in [6.45, 7) is 6.40. The third kappa shape index (κ3) is 1.57. The van der Waals surface area contributed by atoms with E-state index in [4.69, 9.17) is 9.47 Å². The predicted octanol–water partition coefficient (Wildman–Crippen LogP) is 2.29. The van der Waals surface area contributed by atoms with E-state index in [-0.39, 0.29) is 11.6 Å². The maximum absolute atomic E-state index is 11.7. The quantitative estimate of drug-likeness (QED) is 0.520. The molecule has 0 aromatic carbocycles. The Labute approximate surface area is 91.1 Å². The fraction of sp³-hybridized carbons (Fsp3) is 0.917. The van der Waals surface area contributed by atoms with Crippen molar-refractivity contribution >= 4 is 5.97 Å². The summed E-state index contributed by atoms with van der Waals surface area (Å²) in [5, 5.41) is 0. The summed E-state index contributed by atoms with van der Waals surface area (Å²) in [7, 11) is 0. The van der Waals surface area contributed by atoms with Crippen molar-refractivity contribution in [1.82, 2.24) is 0 Å². The second kappa shape index (κ2) is 3.48. The maximum atomic E-state index is 11.7. The van der Waals surface area contributed by atoms with E-state index in [1.54, 1.807) is 0 Å². The first-order valence-corrected chi connectivity index (χ1v) is 5.91. The van der Waals surface area contributed by atoms with Gasteiger partial charge in [-0.2, -0.15) is 0 Å². The second-order valence-electron chi connectivity index (χ2n) is 5.03. The van der Waals surface area contributed by atoms with Crippen LogP contribution >= 0.6 is 0 Å². The van der Waals surface area contributed by atoms with Crippen LogP contribution in [0.1, 0.15) is 46.5 Å². The monoisotopic (exact) mass is 212 g/mol. The molecule has 0 N–H and O–H groups in total. The first-order valence-electron chi connectivity index (χ1n) is 5.91. The van der Waals surface area contributed by atoms with Crippen LogP contribution in [0.5, 0.6) is 0 Å². The molecule has 2 fully saturated rings. The number of carbonyl (C=O) groups is 1. The van der Waals surface area contributed by atoms with Crippen molar-refractivity contribution in [3.63, 3.8) is 0 Å². The number of ether oxygens (including phenoxy) is 2. The van der Waals surface area contributed by atoms with Crippen molar-refractivity contribution in [2.45, 2.75) is 57.7 Å². The molecule has 3 nitrogen and oxygen atoms in total. The number of epoxide rings is 1. The number of hydrogen-bond donors (Lipinski definition) is 0. The Morgan fingerprint density at radius 1 is 1.47 bits per heavy atom. The summed E-state index contributed by atoms with van der Waals surface area (Å²) in [5.41, 5.74) is -0.838. The maximum Gasteiger partial charge on any atom is 0.341 e. The Morgan fingerprint density at radius 3 is 2.60 bits per heavy atom. The van der Waals surface area contributed by atoms with Gasteiger partial charge in [0.2, 0.25) is 0 Å². The van der Waals surface area contributed by atoms with Gasteiger partial charge < -0.3 is 9.47 Å². The molecule has 0 bridgehead atoms. The van der Waals surface area contributed by atoms with Crippen molar-refractivity contribution in [1.29, 1.82) is 0 Å². The number of rotatable bonds is 2. The van der Waals surface area contributed by atoms with Gasteiger partial charge in [0.1, 0.15) is 5.60 Å². The number of hydrogen-bond acceptors (Lipinski definition) is 3. The largest absolute Gasteiger partial charge is 0.464 e. The molecule has 0 amide bonds. The van der Waals surface area contributed by atoms with Crippen LogP contribution in [0.3, 0.4) is 0 Å². The van der Waals surface area contributed by atoms with Crippen LogP contribution in [0.2, 0.25) is 0 Å². The van der Waals surface area contributed by atoms with E-state index < -0.39 is 5.60 Å². The molecule has 1 aliphatic heterocycles. The van der Waals surface area contributed by atoms with Gasteiger partial charge in [-0.1, -0.05) is 6.92 Å². The normalized spacial score (nSPS) is 44.1. The average Bonchev–Trinajstić information content (AvgIpc) is 2.79. The van der Waals surface area contributed by atoms with Crippen LogP contribution in [-0.2, 0) is 14.3 Å². The lowest BCUT2D eigenvalue weighted by molar-refractivity contribution is -0.148. The minimum Gasteiger partial charge on any atom is -0.464 e. The zero-order valence-corrected chi connectivity index (χ0v) is 9.84. The van der Waals surface area contributed by atoms with Crippen LogP contribution in [0, 0.1) is 5.92 Å². The Morgan fingerprint density at radius 2 is 2.07 bits per heavy atom. The van der Waals surface area contributed by atoms with Gasteiger partial charge in [-0.3, -0.25) is 0 Å². The summed E-state index contributed by atoms with van der Waals surface area (Å²) in [6, 6.07) is 0. The highest BCUT2D eigenvalue weighted by molar-refractivity contribution is 5.84.